The van der Waals surface area contributed by atoms with E-state index < -0.39 is 15.9 Å². The van der Waals surface area contributed by atoms with Crippen LogP contribution in [0.1, 0.15) is 16.1 Å². The van der Waals surface area contributed by atoms with E-state index in [9.17, 15) is 13.2 Å². The maximum Gasteiger partial charge on any atom is 0.275 e. The summed E-state index contributed by atoms with van der Waals surface area (Å²) in [5.41, 5.74) is 1.21. The van der Waals surface area contributed by atoms with Gasteiger partial charge in [-0.25, -0.2) is 18.1 Å². The van der Waals surface area contributed by atoms with Crippen LogP contribution in [0.25, 0.3) is 0 Å². The summed E-state index contributed by atoms with van der Waals surface area (Å²) < 4.78 is 31.2. The highest BCUT2D eigenvalue weighted by atomic mass is 32.2. The van der Waals surface area contributed by atoms with Crippen molar-refractivity contribution in [3.8, 4) is 0 Å². The third kappa shape index (κ3) is 5.69. The molecule has 8 nitrogen and oxygen atoms in total. The Labute approximate surface area is 140 Å². The molecule has 1 aromatic carbocycles. The number of nitrogens with one attached hydrogen (secondary N) is 2. The normalized spacial score (nSPS) is 11.2. The number of benzene rings is 1. The van der Waals surface area contributed by atoms with Gasteiger partial charge in [0.25, 0.3) is 5.91 Å². The number of anilines is 1. The average Bonchev–Trinajstić information content (AvgIpc) is 2.55. The van der Waals surface area contributed by atoms with E-state index in [0.29, 0.717) is 17.9 Å². The van der Waals surface area contributed by atoms with Crippen molar-refractivity contribution < 1.29 is 17.9 Å². The lowest BCUT2D eigenvalue weighted by atomic mass is 10.2. The molecule has 24 heavy (non-hydrogen) atoms. The van der Waals surface area contributed by atoms with E-state index in [0.717, 1.165) is 0 Å². The fourth-order valence-electron chi connectivity index (χ4n) is 1.92. The molecule has 0 aliphatic heterocycles. The molecule has 0 fully saturated rings. The number of sulfonamides is 1. The van der Waals surface area contributed by atoms with Crippen LogP contribution in [0.15, 0.2) is 42.9 Å². The van der Waals surface area contributed by atoms with E-state index >= 15 is 0 Å². The minimum Gasteiger partial charge on any atom is -0.383 e. The zero-order valence-electron chi connectivity index (χ0n) is 13.1. The molecule has 0 saturated heterocycles. The van der Waals surface area contributed by atoms with Crippen molar-refractivity contribution in [2.75, 3.05) is 25.6 Å². The molecule has 0 aliphatic rings. The number of hydrogen-bond acceptors (Lipinski definition) is 6. The van der Waals surface area contributed by atoms with Crippen LogP contribution < -0.4 is 10.0 Å². The van der Waals surface area contributed by atoms with Crippen molar-refractivity contribution in [2.24, 2.45) is 0 Å². The van der Waals surface area contributed by atoms with Gasteiger partial charge in [-0.2, -0.15) is 0 Å². The zero-order chi connectivity index (χ0) is 17.4. The van der Waals surface area contributed by atoms with Crippen molar-refractivity contribution in [3.63, 3.8) is 0 Å². The predicted molar refractivity (Wildman–Crippen MR) is 88.9 cm³/mol. The number of ether oxygens (including phenoxy) is 1. The van der Waals surface area contributed by atoms with Gasteiger partial charge in [0.2, 0.25) is 10.0 Å². The van der Waals surface area contributed by atoms with Crippen LogP contribution in [-0.2, 0) is 20.5 Å². The molecule has 0 unspecified atom stereocenters. The number of amides is 1. The number of rotatable bonds is 8. The number of aromatic nitrogens is 2. The summed E-state index contributed by atoms with van der Waals surface area (Å²) in [5.74, 6) is -0.604. The van der Waals surface area contributed by atoms with E-state index in [1.165, 1.54) is 25.7 Å². The SMILES string of the molecule is COCCNS(=O)(=O)Cc1cccc(NC(=O)c2cnccn2)c1. The quantitative estimate of drug-likeness (QED) is 0.681. The second-order valence-corrected chi connectivity index (χ2v) is 6.70. The molecule has 1 aromatic heterocycles. The highest BCUT2D eigenvalue weighted by Gasteiger charge is 2.12. The largest absolute Gasteiger partial charge is 0.383 e. The summed E-state index contributed by atoms with van der Waals surface area (Å²) in [7, 11) is -1.97. The molecule has 2 aromatic rings. The van der Waals surface area contributed by atoms with Crippen LogP contribution in [-0.4, -0.2) is 44.6 Å². The molecule has 1 amide bonds. The fourth-order valence-corrected chi connectivity index (χ4v) is 3.03. The van der Waals surface area contributed by atoms with E-state index in [4.69, 9.17) is 4.74 Å². The summed E-state index contributed by atoms with van der Waals surface area (Å²) in [6.07, 6.45) is 4.24. The van der Waals surface area contributed by atoms with Crippen LogP contribution in [0, 0.1) is 0 Å². The Balaban J connectivity index is 2.02. The van der Waals surface area contributed by atoms with E-state index in [-0.39, 0.29) is 18.0 Å². The number of carbonyl (C=O) groups is 1. The van der Waals surface area contributed by atoms with Gasteiger partial charge in [-0.15, -0.1) is 0 Å². The van der Waals surface area contributed by atoms with Crippen molar-refractivity contribution in [3.05, 3.63) is 54.1 Å². The Morgan fingerprint density at radius 2 is 2.12 bits per heavy atom. The van der Waals surface area contributed by atoms with Gasteiger partial charge < -0.3 is 10.1 Å². The van der Waals surface area contributed by atoms with Crippen LogP contribution in [0.3, 0.4) is 0 Å². The Morgan fingerprint density at radius 1 is 1.29 bits per heavy atom. The molecular weight excluding hydrogens is 332 g/mol. The highest BCUT2D eigenvalue weighted by Crippen LogP contribution is 2.13. The number of hydrogen-bond donors (Lipinski definition) is 2. The summed E-state index contributed by atoms with van der Waals surface area (Å²) >= 11 is 0. The predicted octanol–water partition coefficient (Wildman–Crippen LogP) is 0.795. The van der Waals surface area contributed by atoms with E-state index in [1.807, 2.05) is 0 Å². The van der Waals surface area contributed by atoms with Gasteiger partial charge in [-0.05, 0) is 17.7 Å². The lowest BCUT2D eigenvalue weighted by molar-refractivity contribution is 0.102. The molecule has 0 atom stereocenters. The summed E-state index contributed by atoms with van der Waals surface area (Å²) in [6.45, 7) is 0.509. The first-order chi connectivity index (χ1) is 11.5. The van der Waals surface area contributed by atoms with Gasteiger partial charge in [0.1, 0.15) is 5.69 Å². The molecule has 0 bridgehead atoms. The standard InChI is InChI=1S/C15H18N4O4S/c1-23-8-7-18-24(21,22)11-12-3-2-4-13(9-12)19-15(20)14-10-16-5-6-17-14/h2-6,9-10,18H,7-8,11H2,1H3,(H,19,20). The van der Waals surface area contributed by atoms with Crippen LogP contribution in [0.5, 0.6) is 0 Å². The molecule has 1 heterocycles. The van der Waals surface area contributed by atoms with E-state index in [2.05, 4.69) is 20.0 Å². The fraction of sp³-hybridized carbons (Fsp3) is 0.267. The minimum absolute atomic E-state index is 0.178. The van der Waals surface area contributed by atoms with Gasteiger partial charge in [0.05, 0.1) is 18.6 Å². The van der Waals surface area contributed by atoms with Crippen LogP contribution in [0.4, 0.5) is 5.69 Å². The van der Waals surface area contributed by atoms with Gasteiger partial charge in [0, 0.05) is 31.7 Å². The number of nitrogens with zero attached hydrogens (tertiary/aromatic N) is 2. The monoisotopic (exact) mass is 350 g/mol. The van der Waals surface area contributed by atoms with Gasteiger partial charge in [-0.3, -0.25) is 9.78 Å². The van der Waals surface area contributed by atoms with Crippen LogP contribution >= 0.6 is 0 Å². The second kappa shape index (κ2) is 8.48. The van der Waals surface area contributed by atoms with Gasteiger partial charge >= 0.3 is 0 Å². The molecule has 9 heteroatoms. The Morgan fingerprint density at radius 3 is 2.83 bits per heavy atom. The average molecular weight is 350 g/mol. The first kappa shape index (κ1) is 18.0. The van der Waals surface area contributed by atoms with Crippen molar-refractivity contribution in [1.82, 2.24) is 14.7 Å². The Bertz CT molecular complexity index is 781. The third-order valence-corrected chi connectivity index (χ3v) is 4.32. The smallest absolute Gasteiger partial charge is 0.275 e. The molecule has 0 aliphatic carbocycles. The molecule has 128 valence electrons. The van der Waals surface area contributed by atoms with Crippen molar-refractivity contribution >= 4 is 21.6 Å². The summed E-state index contributed by atoms with van der Waals surface area (Å²) in [4.78, 5) is 19.8. The van der Waals surface area contributed by atoms with Gasteiger partial charge in [-0.1, -0.05) is 12.1 Å². The number of carbonyl (C=O) groups excluding carboxylic acids is 1. The molecule has 0 spiro atoms. The highest BCUT2D eigenvalue weighted by molar-refractivity contribution is 7.88. The van der Waals surface area contributed by atoms with Crippen molar-refractivity contribution in [2.45, 2.75) is 5.75 Å². The Hall–Kier alpha value is -2.36. The second-order valence-electron chi connectivity index (χ2n) is 4.89. The third-order valence-electron chi connectivity index (χ3n) is 2.97. The molecule has 2 rings (SSSR count). The van der Waals surface area contributed by atoms with Gasteiger partial charge in [0.15, 0.2) is 0 Å². The lowest BCUT2D eigenvalue weighted by Gasteiger charge is -2.09. The topological polar surface area (TPSA) is 110 Å². The van der Waals surface area contributed by atoms with Crippen molar-refractivity contribution in [1.29, 1.82) is 0 Å². The lowest BCUT2D eigenvalue weighted by Crippen LogP contribution is -2.28. The maximum atomic E-state index is 12.0. The molecule has 0 radical (unpaired) electrons. The Kier molecular flexibility index (Phi) is 6.36. The molecule has 2 N–H and O–H groups in total. The van der Waals surface area contributed by atoms with Crippen LogP contribution in [0.2, 0.25) is 0 Å². The number of methoxy groups -OCH3 is 1. The molecule has 0 saturated carbocycles. The first-order valence-electron chi connectivity index (χ1n) is 7.13. The maximum absolute atomic E-state index is 12.0. The first-order valence-corrected chi connectivity index (χ1v) is 8.78. The van der Waals surface area contributed by atoms with E-state index in [1.54, 1.807) is 24.3 Å². The molecular formula is C15H18N4O4S. The zero-order valence-corrected chi connectivity index (χ0v) is 13.9. The minimum atomic E-state index is -3.47. The summed E-state index contributed by atoms with van der Waals surface area (Å²) in [6, 6.07) is 6.62. The summed E-state index contributed by atoms with van der Waals surface area (Å²) in [5, 5.41) is 2.66.